The molecule has 1 aromatic heterocycles. The Balaban J connectivity index is 1.90. The quantitative estimate of drug-likeness (QED) is 0.571. The first-order valence-corrected chi connectivity index (χ1v) is 9.29. The topological polar surface area (TPSA) is 91.6 Å². The third-order valence-corrected chi connectivity index (χ3v) is 5.01. The van der Waals surface area contributed by atoms with Gasteiger partial charge in [0.05, 0.1) is 25.7 Å². The molecule has 0 aliphatic rings. The number of halogens is 2. The zero-order valence-electron chi connectivity index (χ0n) is 14.7. The molecule has 0 unspecified atom stereocenters. The summed E-state index contributed by atoms with van der Waals surface area (Å²) in [6, 6.07) is 10.9. The molecule has 3 N–H and O–H groups in total. The van der Waals surface area contributed by atoms with Crippen LogP contribution in [-0.2, 0) is 11.2 Å². The first-order chi connectivity index (χ1) is 13.4. The van der Waals surface area contributed by atoms with E-state index in [0.717, 1.165) is 0 Å². The lowest BCUT2D eigenvalue weighted by atomic mass is 10.1. The van der Waals surface area contributed by atoms with Crippen LogP contribution in [0.15, 0.2) is 53.5 Å². The van der Waals surface area contributed by atoms with Crippen LogP contribution in [0.25, 0.3) is 10.8 Å². The lowest BCUT2D eigenvalue weighted by Crippen LogP contribution is -2.29. The Kier molecular flexibility index (Phi) is 6.36. The SMILES string of the molecule is O=C(Cc1ccc(Cl)cc1Cl)Nc1cccc2c(=O)n(C(CO)CO)ccc12. The summed E-state index contributed by atoms with van der Waals surface area (Å²) in [6.07, 6.45) is 1.55. The average molecular weight is 421 g/mol. The Morgan fingerprint density at radius 3 is 2.50 bits per heavy atom. The van der Waals surface area contributed by atoms with Gasteiger partial charge in [0, 0.05) is 32.7 Å². The Morgan fingerprint density at radius 1 is 1.07 bits per heavy atom. The summed E-state index contributed by atoms with van der Waals surface area (Å²) >= 11 is 12.0. The minimum absolute atomic E-state index is 0.0561. The van der Waals surface area contributed by atoms with Gasteiger partial charge in [-0.1, -0.05) is 35.3 Å². The molecular weight excluding hydrogens is 403 g/mol. The van der Waals surface area contributed by atoms with E-state index >= 15 is 0 Å². The molecule has 0 aliphatic carbocycles. The number of amides is 1. The molecule has 0 bridgehead atoms. The van der Waals surface area contributed by atoms with Gasteiger partial charge in [-0.15, -0.1) is 0 Å². The Bertz CT molecular complexity index is 1080. The molecule has 146 valence electrons. The molecule has 6 nitrogen and oxygen atoms in total. The van der Waals surface area contributed by atoms with Crippen molar-refractivity contribution >= 4 is 45.6 Å². The number of carbonyl (C=O) groups excluding carboxylic acids is 1. The van der Waals surface area contributed by atoms with Crippen molar-refractivity contribution in [2.45, 2.75) is 12.5 Å². The maximum Gasteiger partial charge on any atom is 0.258 e. The first-order valence-electron chi connectivity index (χ1n) is 8.54. The first kappa shape index (κ1) is 20.4. The zero-order chi connectivity index (χ0) is 20.3. The third kappa shape index (κ3) is 4.20. The Labute approximate surface area is 170 Å². The van der Waals surface area contributed by atoms with Crippen LogP contribution in [0.5, 0.6) is 0 Å². The summed E-state index contributed by atoms with van der Waals surface area (Å²) in [5.41, 5.74) is 0.767. The number of benzene rings is 2. The molecule has 3 rings (SSSR count). The van der Waals surface area contributed by atoms with Crippen LogP contribution in [0.3, 0.4) is 0 Å². The number of fused-ring (bicyclic) bond motifs is 1. The number of hydrogen-bond acceptors (Lipinski definition) is 4. The number of anilines is 1. The number of aromatic nitrogens is 1. The highest BCUT2D eigenvalue weighted by molar-refractivity contribution is 6.35. The molecule has 0 fully saturated rings. The normalized spacial score (nSPS) is 11.2. The van der Waals surface area contributed by atoms with Gasteiger partial charge < -0.3 is 20.1 Å². The summed E-state index contributed by atoms with van der Waals surface area (Å²) in [6.45, 7) is -0.722. The molecular formula is C20H18Cl2N2O4. The molecule has 2 aromatic carbocycles. The van der Waals surface area contributed by atoms with Crippen LogP contribution in [-0.4, -0.2) is 33.9 Å². The molecule has 0 spiro atoms. The highest BCUT2D eigenvalue weighted by Crippen LogP contribution is 2.24. The predicted octanol–water partition coefficient (Wildman–Crippen LogP) is 3.02. The second-order valence-electron chi connectivity index (χ2n) is 6.27. The maximum atomic E-state index is 12.7. The molecule has 1 amide bonds. The third-order valence-electron chi connectivity index (χ3n) is 4.43. The molecule has 0 atom stereocenters. The highest BCUT2D eigenvalue weighted by Gasteiger charge is 2.15. The fourth-order valence-corrected chi connectivity index (χ4v) is 3.43. The fraction of sp³-hybridized carbons (Fsp3) is 0.200. The largest absolute Gasteiger partial charge is 0.394 e. The van der Waals surface area contributed by atoms with Gasteiger partial charge in [0.1, 0.15) is 0 Å². The van der Waals surface area contributed by atoms with Crippen molar-refractivity contribution in [3.63, 3.8) is 0 Å². The molecule has 28 heavy (non-hydrogen) atoms. The highest BCUT2D eigenvalue weighted by atomic mass is 35.5. The number of rotatable bonds is 6. The van der Waals surface area contributed by atoms with E-state index in [9.17, 15) is 19.8 Å². The summed E-state index contributed by atoms with van der Waals surface area (Å²) in [5, 5.41) is 23.3. The van der Waals surface area contributed by atoms with E-state index in [4.69, 9.17) is 23.2 Å². The van der Waals surface area contributed by atoms with Gasteiger partial charge in [0.25, 0.3) is 5.56 Å². The predicted molar refractivity (Wildman–Crippen MR) is 110 cm³/mol. The van der Waals surface area contributed by atoms with Crippen LogP contribution in [0.2, 0.25) is 10.0 Å². The van der Waals surface area contributed by atoms with Crippen LogP contribution in [0.4, 0.5) is 5.69 Å². The standard InChI is InChI=1S/C20H18Cl2N2O4/c21-13-5-4-12(17(22)9-13)8-19(27)23-18-3-1-2-16-15(18)6-7-24(20(16)28)14(10-25)11-26/h1-7,9,14,25-26H,8,10-11H2,(H,23,27). The zero-order valence-corrected chi connectivity index (χ0v) is 16.2. The summed E-state index contributed by atoms with van der Waals surface area (Å²) < 4.78 is 1.28. The van der Waals surface area contributed by atoms with E-state index in [-0.39, 0.29) is 31.1 Å². The number of nitrogens with zero attached hydrogens (tertiary/aromatic N) is 1. The monoisotopic (exact) mass is 420 g/mol. The van der Waals surface area contributed by atoms with Gasteiger partial charge in [0.15, 0.2) is 0 Å². The fourth-order valence-electron chi connectivity index (χ4n) is 2.96. The van der Waals surface area contributed by atoms with E-state index in [1.807, 2.05) is 0 Å². The lowest BCUT2D eigenvalue weighted by Gasteiger charge is -2.16. The van der Waals surface area contributed by atoms with Gasteiger partial charge in [-0.25, -0.2) is 0 Å². The Hall–Kier alpha value is -2.38. The molecule has 8 heteroatoms. The van der Waals surface area contributed by atoms with Gasteiger partial charge in [-0.3, -0.25) is 9.59 Å². The van der Waals surface area contributed by atoms with Gasteiger partial charge in [-0.05, 0) is 35.9 Å². The molecule has 0 saturated carbocycles. The summed E-state index contributed by atoms with van der Waals surface area (Å²) in [7, 11) is 0. The van der Waals surface area contributed by atoms with Crippen molar-refractivity contribution in [3.05, 3.63) is 74.6 Å². The van der Waals surface area contributed by atoms with Crippen LogP contribution < -0.4 is 10.9 Å². The van der Waals surface area contributed by atoms with Gasteiger partial charge in [-0.2, -0.15) is 0 Å². The van der Waals surface area contributed by atoms with E-state index in [1.54, 1.807) is 42.5 Å². The smallest absolute Gasteiger partial charge is 0.258 e. The minimum Gasteiger partial charge on any atom is -0.394 e. The number of carbonyl (C=O) groups is 1. The maximum absolute atomic E-state index is 12.7. The number of hydrogen-bond donors (Lipinski definition) is 3. The van der Waals surface area contributed by atoms with E-state index in [2.05, 4.69) is 5.32 Å². The van der Waals surface area contributed by atoms with Crippen molar-refractivity contribution < 1.29 is 15.0 Å². The molecule has 0 radical (unpaired) electrons. The van der Waals surface area contributed by atoms with Crippen molar-refractivity contribution in [1.82, 2.24) is 4.57 Å². The summed E-state index contributed by atoms with van der Waals surface area (Å²) in [5.74, 6) is -0.288. The number of aliphatic hydroxyl groups excluding tert-OH is 2. The van der Waals surface area contributed by atoms with Crippen LogP contribution >= 0.6 is 23.2 Å². The van der Waals surface area contributed by atoms with E-state index in [0.29, 0.717) is 32.1 Å². The second kappa shape index (κ2) is 8.75. The number of pyridine rings is 1. The van der Waals surface area contributed by atoms with Crippen molar-refractivity contribution in [2.75, 3.05) is 18.5 Å². The van der Waals surface area contributed by atoms with Gasteiger partial charge >= 0.3 is 0 Å². The van der Waals surface area contributed by atoms with Crippen molar-refractivity contribution in [3.8, 4) is 0 Å². The van der Waals surface area contributed by atoms with E-state index < -0.39 is 6.04 Å². The second-order valence-corrected chi connectivity index (χ2v) is 7.12. The van der Waals surface area contributed by atoms with Crippen LogP contribution in [0, 0.1) is 0 Å². The number of nitrogens with one attached hydrogen (secondary N) is 1. The van der Waals surface area contributed by atoms with E-state index in [1.165, 1.54) is 10.8 Å². The average Bonchev–Trinajstić information content (AvgIpc) is 2.67. The lowest BCUT2D eigenvalue weighted by molar-refractivity contribution is -0.115. The molecule has 3 aromatic rings. The molecule has 1 heterocycles. The molecule has 0 aliphatic heterocycles. The van der Waals surface area contributed by atoms with Crippen molar-refractivity contribution in [2.24, 2.45) is 0 Å². The Morgan fingerprint density at radius 2 is 1.82 bits per heavy atom. The molecule has 0 saturated heterocycles. The minimum atomic E-state index is -0.720. The van der Waals surface area contributed by atoms with Crippen molar-refractivity contribution in [1.29, 1.82) is 0 Å². The summed E-state index contributed by atoms with van der Waals surface area (Å²) in [4.78, 5) is 25.2. The van der Waals surface area contributed by atoms with Gasteiger partial charge in [0.2, 0.25) is 5.91 Å². The number of aliphatic hydroxyl groups is 2. The van der Waals surface area contributed by atoms with Crippen LogP contribution in [0.1, 0.15) is 11.6 Å².